The van der Waals surface area contributed by atoms with E-state index in [0.29, 0.717) is 16.9 Å². The van der Waals surface area contributed by atoms with Crippen LogP contribution in [0.15, 0.2) is 54.6 Å². The molecule has 0 aliphatic heterocycles. The molecule has 0 bridgehead atoms. The van der Waals surface area contributed by atoms with Gasteiger partial charge in [-0.15, -0.1) is 0 Å². The number of pyridine rings is 1. The predicted molar refractivity (Wildman–Crippen MR) is 77.7 cm³/mol. The van der Waals surface area contributed by atoms with E-state index in [1.54, 1.807) is 30.3 Å². The van der Waals surface area contributed by atoms with Gasteiger partial charge in [0.25, 0.3) is 0 Å². The van der Waals surface area contributed by atoms with Crippen molar-refractivity contribution in [1.29, 1.82) is 10.5 Å². The lowest BCUT2D eigenvalue weighted by molar-refractivity contribution is 0.463. The van der Waals surface area contributed by atoms with Crippen LogP contribution in [0.5, 0.6) is 11.6 Å². The van der Waals surface area contributed by atoms with Crippen molar-refractivity contribution in [3.63, 3.8) is 0 Å². The van der Waals surface area contributed by atoms with Crippen molar-refractivity contribution < 1.29 is 4.74 Å². The van der Waals surface area contributed by atoms with Gasteiger partial charge in [0.1, 0.15) is 17.4 Å². The van der Waals surface area contributed by atoms with Crippen LogP contribution < -0.4 is 4.74 Å². The van der Waals surface area contributed by atoms with Crippen LogP contribution in [-0.2, 0) is 0 Å². The molecule has 0 saturated carbocycles. The second-order valence-electron chi connectivity index (χ2n) is 4.39. The van der Waals surface area contributed by atoms with Gasteiger partial charge in [0.15, 0.2) is 0 Å². The van der Waals surface area contributed by atoms with Gasteiger partial charge in [-0.3, -0.25) is 0 Å². The largest absolute Gasteiger partial charge is 0.438 e. The first-order valence-corrected chi connectivity index (χ1v) is 6.28. The summed E-state index contributed by atoms with van der Waals surface area (Å²) in [6.07, 6.45) is 0. The van der Waals surface area contributed by atoms with Gasteiger partial charge >= 0.3 is 0 Å². The summed E-state index contributed by atoms with van der Waals surface area (Å²) in [6, 6.07) is 20.1. The maximum atomic E-state index is 9.23. The van der Waals surface area contributed by atoms with Crippen molar-refractivity contribution in [3.05, 3.63) is 65.7 Å². The van der Waals surface area contributed by atoms with Gasteiger partial charge in [0.05, 0.1) is 17.1 Å². The third-order valence-corrected chi connectivity index (χ3v) is 2.99. The molecule has 0 aliphatic rings. The van der Waals surface area contributed by atoms with E-state index in [4.69, 9.17) is 10.00 Å². The average Bonchev–Trinajstić information content (AvgIpc) is 2.54. The van der Waals surface area contributed by atoms with Crippen LogP contribution in [0.2, 0.25) is 0 Å². The van der Waals surface area contributed by atoms with Crippen molar-refractivity contribution in [2.75, 3.05) is 0 Å². The number of benzene rings is 2. The van der Waals surface area contributed by atoms with E-state index >= 15 is 0 Å². The van der Waals surface area contributed by atoms with Crippen LogP contribution in [0.3, 0.4) is 0 Å². The molecule has 21 heavy (non-hydrogen) atoms. The summed E-state index contributed by atoms with van der Waals surface area (Å²) in [5, 5.41) is 19.0. The molecule has 0 N–H and O–H groups in total. The van der Waals surface area contributed by atoms with Crippen LogP contribution in [0, 0.1) is 22.7 Å². The molecule has 1 heterocycles. The molecule has 4 nitrogen and oxygen atoms in total. The van der Waals surface area contributed by atoms with Crippen molar-refractivity contribution in [3.8, 4) is 23.8 Å². The molecule has 0 aliphatic carbocycles. The Kier molecular flexibility index (Phi) is 3.21. The summed E-state index contributed by atoms with van der Waals surface area (Å²) in [7, 11) is 0. The fraction of sp³-hybridized carbons (Fsp3) is 0. The molecular formula is C17H9N3O. The SMILES string of the molecule is N#Cc1cccc(Oc2nc3ccccc3cc2C#N)c1. The summed E-state index contributed by atoms with van der Waals surface area (Å²) in [5.41, 5.74) is 1.60. The van der Waals surface area contributed by atoms with Crippen molar-refractivity contribution >= 4 is 10.9 Å². The number of ether oxygens (including phenoxy) is 1. The van der Waals surface area contributed by atoms with Crippen molar-refractivity contribution in [1.82, 2.24) is 4.98 Å². The fourth-order valence-corrected chi connectivity index (χ4v) is 2.00. The number of para-hydroxylation sites is 1. The van der Waals surface area contributed by atoms with Crippen LogP contribution in [0.4, 0.5) is 0 Å². The van der Waals surface area contributed by atoms with Gasteiger partial charge in [0.2, 0.25) is 5.88 Å². The molecule has 0 atom stereocenters. The standard InChI is InChI=1S/C17H9N3O/c18-10-12-4-3-6-15(8-12)21-17-14(11-19)9-13-5-1-2-7-16(13)20-17/h1-9H. The highest BCUT2D eigenvalue weighted by Crippen LogP contribution is 2.26. The highest BCUT2D eigenvalue weighted by atomic mass is 16.5. The van der Waals surface area contributed by atoms with Crippen LogP contribution in [0.25, 0.3) is 10.9 Å². The lowest BCUT2D eigenvalue weighted by Crippen LogP contribution is -1.93. The van der Waals surface area contributed by atoms with Crippen LogP contribution in [-0.4, -0.2) is 4.98 Å². The Bertz CT molecular complexity index is 904. The van der Waals surface area contributed by atoms with Crippen molar-refractivity contribution in [2.24, 2.45) is 0 Å². The minimum Gasteiger partial charge on any atom is -0.438 e. The Morgan fingerprint density at radius 2 is 1.76 bits per heavy atom. The van der Waals surface area contributed by atoms with E-state index in [-0.39, 0.29) is 5.88 Å². The Hall–Kier alpha value is -3.37. The quantitative estimate of drug-likeness (QED) is 0.711. The zero-order chi connectivity index (χ0) is 14.7. The third kappa shape index (κ3) is 2.51. The molecule has 0 saturated heterocycles. The van der Waals surface area contributed by atoms with Gasteiger partial charge in [-0.25, -0.2) is 4.98 Å². The molecule has 0 unspecified atom stereocenters. The molecule has 98 valence electrons. The number of hydrogen-bond donors (Lipinski definition) is 0. The first-order chi connectivity index (χ1) is 10.3. The van der Waals surface area contributed by atoms with Gasteiger partial charge in [-0.2, -0.15) is 10.5 Å². The number of nitrogens with zero attached hydrogens (tertiary/aromatic N) is 3. The zero-order valence-electron chi connectivity index (χ0n) is 10.9. The molecule has 2 aromatic carbocycles. The Balaban J connectivity index is 2.07. The van der Waals surface area contributed by atoms with Gasteiger partial charge in [-0.05, 0) is 30.3 Å². The number of hydrogen-bond acceptors (Lipinski definition) is 4. The molecule has 0 fully saturated rings. The minimum atomic E-state index is 0.242. The molecule has 1 aromatic heterocycles. The molecule has 3 aromatic rings. The monoisotopic (exact) mass is 271 g/mol. The molecule has 0 spiro atoms. The number of nitriles is 2. The summed E-state index contributed by atoms with van der Waals surface area (Å²) in [5.74, 6) is 0.722. The van der Waals surface area contributed by atoms with Gasteiger partial charge in [0, 0.05) is 5.39 Å². The van der Waals surface area contributed by atoms with E-state index in [9.17, 15) is 5.26 Å². The smallest absolute Gasteiger partial charge is 0.237 e. The maximum absolute atomic E-state index is 9.23. The van der Waals surface area contributed by atoms with E-state index in [1.165, 1.54) is 0 Å². The molecule has 0 amide bonds. The third-order valence-electron chi connectivity index (χ3n) is 2.99. The second-order valence-corrected chi connectivity index (χ2v) is 4.39. The molecular weight excluding hydrogens is 262 g/mol. The van der Waals surface area contributed by atoms with E-state index in [1.807, 2.05) is 30.3 Å². The van der Waals surface area contributed by atoms with E-state index < -0.39 is 0 Å². The maximum Gasteiger partial charge on any atom is 0.237 e. The topological polar surface area (TPSA) is 69.7 Å². The lowest BCUT2D eigenvalue weighted by Gasteiger charge is -2.08. The van der Waals surface area contributed by atoms with E-state index in [2.05, 4.69) is 11.1 Å². The fourth-order valence-electron chi connectivity index (χ4n) is 2.00. The van der Waals surface area contributed by atoms with Gasteiger partial charge in [-0.1, -0.05) is 24.3 Å². The Morgan fingerprint density at radius 3 is 2.57 bits per heavy atom. The number of fused-ring (bicyclic) bond motifs is 1. The average molecular weight is 271 g/mol. The first kappa shape index (κ1) is 12.7. The molecule has 0 radical (unpaired) electrons. The van der Waals surface area contributed by atoms with Gasteiger partial charge < -0.3 is 4.74 Å². The highest BCUT2D eigenvalue weighted by Gasteiger charge is 2.09. The van der Waals surface area contributed by atoms with E-state index in [0.717, 1.165) is 10.9 Å². The Morgan fingerprint density at radius 1 is 0.905 bits per heavy atom. The minimum absolute atomic E-state index is 0.242. The summed E-state index contributed by atoms with van der Waals surface area (Å²) >= 11 is 0. The predicted octanol–water partition coefficient (Wildman–Crippen LogP) is 3.77. The summed E-state index contributed by atoms with van der Waals surface area (Å²) in [4.78, 5) is 4.37. The molecule has 4 heteroatoms. The first-order valence-electron chi connectivity index (χ1n) is 6.28. The number of rotatable bonds is 2. The second kappa shape index (κ2) is 5.32. The highest BCUT2D eigenvalue weighted by molar-refractivity contribution is 5.81. The normalized spacial score (nSPS) is 9.81. The molecule has 3 rings (SSSR count). The van der Waals surface area contributed by atoms with Crippen LogP contribution in [0.1, 0.15) is 11.1 Å². The summed E-state index contributed by atoms with van der Waals surface area (Å²) < 4.78 is 5.67. The lowest BCUT2D eigenvalue weighted by atomic mass is 10.1. The summed E-state index contributed by atoms with van der Waals surface area (Å²) in [6.45, 7) is 0. The Labute approximate surface area is 121 Å². The van der Waals surface area contributed by atoms with Crippen molar-refractivity contribution in [2.45, 2.75) is 0 Å². The zero-order valence-corrected chi connectivity index (χ0v) is 10.9. The van der Waals surface area contributed by atoms with Crippen LogP contribution >= 0.6 is 0 Å². The number of aromatic nitrogens is 1.